The average Bonchev–Trinajstić information content (AvgIpc) is 3.11. The Bertz CT molecular complexity index is 517. The number of carbonyl (C=O) groups excluding carboxylic acids is 1. The SMILES string of the molecule is O=C(c1ccc(Br)c(Cl)c1)N1CCC(N2CCCC2)C1. The van der Waals surface area contributed by atoms with Crippen molar-refractivity contribution in [3.63, 3.8) is 0 Å². The molecule has 2 fully saturated rings. The first kappa shape index (κ1) is 14.4. The second kappa shape index (κ2) is 6.04. The molecule has 0 radical (unpaired) electrons. The second-order valence-corrected chi connectivity index (χ2v) is 6.83. The molecule has 5 heteroatoms. The summed E-state index contributed by atoms with van der Waals surface area (Å²) in [5.41, 5.74) is 0.681. The molecular weight excluding hydrogens is 340 g/mol. The molecule has 3 nitrogen and oxygen atoms in total. The van der Waals surface area contributed by atoms with Crippen LogP contribution < -0.4 is 0 Å². The third kappa shape index (κ3) is 2.87. The van der Waals surface area contributed by atoms with Gasteiger partial charge in [0, 0.05) is 29.2 Å². The summed E-state index contributed by atoms with van der Waals surface area (Å²) in [6.45, 7) is 4.09. The Morgan fingerprint density at radius 3 is 2.70 bits per heavy atom. The Kier molecular flexibility index (Phi) is 4.34. The molecule has 0 saturated carbocycles. The third-order valence-electron chi connectivity index (χ3n) is 4.27. The average molecular weight is 358 g/mol. The van der Waals surface area contributed by atoms with Crippen molar-refractivity contribution in [3.8, 4) is 0 Å². The van der Waals surface area contributed by atoms with Gasteiger partial charge in [-0.2, -0.15) is 0 Å². The molecule has 0 spiro atoms. The first-order chi connectivity index (χ1) is 9.65. The van der Waals surface area contributed by atoms with Gasteiger partial charge in [0.15, 0.2) is 0 Å². The van der Waals surface area contributed by atoms with Crippen LogP contribution in [0.1, 0.15) is 29.6 Å². The van der Waals surface area contributed by atoms with Gasteiger partial charge < -0.3 is 4.90 Å². The minimum absolute atomic E-state index is 0.0982. The smallest absolute Gasteiger partial charge is 0.253 e. The van der Waals surface area contributed by atoms with Crippen LogP contribution in [0.15, 0.2) is 22.7 Å². The fourth-order valence-corrected chi connectivity index (χ4v) is 3.57. The lowest BCUT2D eigenvalue weighted by molar-refractivity contribution is 0.0780. The molecule has 1 amide bonds. The predicted octanol–water partition coefficient (Wildman–Crippen LogP) is 3.41. The van der Waals surface area contributed by atoms with Crippen LogP contribution in [0.5, 0.6) is 0 Å². The van der Waals surface area contributed by atoms with E-state index in [2.05, 4.69) is 20.8 Å². The van der Waals surface area contributed by atoms with Gasteiger partial charge in [0.25, 0.3) is 5.91 Å². The summed E-state index contributed by atoms with van der Waals surface area (Å²) >= 11 is 9.42. The second-order valence-electron chi connectivity index (χ2n) is 5.57. The van der Waals surface area contributed by atoms with Crippen molar-refractivity contribution in [1.29, 1.82) is 0 Å². The molecule has 1 atom stereocenters. The van der Waals surface area contributed by atoms with E-state index in [0.29, 0.717) is 16.6 Å². The number of nitrogens with zero attached hydrogens (tertiary/aromatic N) is 2. The standard InChI is InChI=1S/C15H18BrClN2O/c16-13-4-3-11(9-14(13)17)15(20)19-8-5-12(10-19)18-6-1-2-7-18/h3-4,9,12H,1-2,5-8,10H2. The van der Waals surface area contributed by atoms with Gasteiger partial charge in [0.1, 0.15) is 0 Å². The van der Waals surface area contributed by atoms with Crippen LogP contribution >= 0.6 is 27.5 Å². The van der Waals surface area contributed by atoms with Crippen molar-refractivity contribution in [2.75, 3.05) is 26.2 Å². The normalized spacial score (nSPS) is 23.5. The zero-order valence-electron chi connectivity index (χ0n) is 11.3. The first-order valence-corrected chi connectivity index (χ1v) is 8.30. The van der Waals surface area contributed by atoms with Crippen LogP contribution in [0.3, 0.4) is 0 Å². The summed E-state index contributed by atoms with van der Waals surface area (Å²) in [6, 6.07) is 5.97. The van der Waals surface area contributed by atoms with Gasteiger partial charge >= 0.3 is 0 Å². The largest absolute Gasteiger partial charge is 0.337 e. The number of halogens is 2. The van der Waals surface area contributed by atoms with Gasteiger partial charge in [-0.1, -0.05) is 11.6 Å². The summed E-state index contributed by atoms with van der Waals surface area (Å²) < 4.78 is 0.826. The Morgan fingerprint density at radius 1 is 1.25 bits per heavy atom. The Morgan fingerprint density at radius 2 is 2.00 bits per heavy atom. The van der Waals surface area contributed by atoms with E-state index >= 15 is 0 Å². The first-order valence-electron chi connectivity index (χ1n) is 7.13. The Balaban J connectivity index is 1.67. The van der Waals surface area contributed by atoms with E-state index < -0.39 is 0 Å². The summed E-state index contributed by atoms with van der Waals surface area (Å²) in [7, 11) is 0. The molecule has 20 heavy (non-hydrogen) atoms. The maximum absolute atomic E-state index is 12.5. The minimum Gasteiger partial charge on any atom is -0.337 e. The van der Waals surface area contributed by atoms with Crippen LogP contribution in [0.2, 0.25) is 5.02 Å². The zero-order chi connectivity index (χ0) is 14.1. The molecule has 2 aliphatic heterocycles. The van der Waals surface area contributed by atoms with E-state index in [4.69, 9.17) is 11.6 Å². The summed E-state index contributed by atoms with van der Waals surface area (Å²) in [4.78, 5) is 17.0. The maximum Gasteiger partial charge on any atom is 0.253 e. The van der Waals surface area contributed by atoms with Gasteiger partial charge in [-0.25, -0.2) is 0 Å². The molecule has 2 heterocycles. The molecule has 2 saturated heterocycles. The minimum atomic E-state index is 0.0982. The number of rotatable bonds is 2. The van der Waals surface area contributed by atoms with E-state index in [9.17, 15) is 4.79 Å². The van der Waals surface area contributed by atoms with Crippen molar-refractivity contribution in [3.05, 3.63) is 33.3 Å². The van der Waals surface area contributed by atoms with Crippen LogP contribution in [0.25, 0.3) is 0 Å². The molecule has 1 aromatic rings. The number of hydrogen-bond donors (Lipinski definition) is 0. The third-order valence-corrected chi connectivity index (χ3v) is 5.51. The highest BCUT2D eigenvalue weighted by Crippen LogP contribution is 2.26. The molecule has 1 aromatic carbocycles. The fraction of sp³-hybridized carbons (Fsp3) is 0.533. The molecule has 1 unspecified atom stereocenters. The zero-order valence-corrected chi connectivity index (χ0v) is 13.7. The lowest BCUT2D eigenvalue weighted by Gasteiger charge is -2.23. The highest BCUT2D eigenvalue weighted by atomic mass is 79.9. The van der Waals surface area contributed by atoms with E-state index in [1.165, 1.54) is 25.9 Å². The van der Waals surface area contributed by atoms with Crippen molar-refractivity contribution in [1.82, 2.24) is 9.80 Å². The Labute approximate surface area is 133 Å². The quantitative estimate of drug-likeness (QED) is 0.810. The van der Waals surface area contributed by atoms with E-state index in [-0.39, 0.29) is 5.91 Å². The van der Waals surface area contributed by atoms with Crippen molar-refractivity contribution >= 4 is 33.4 Å². The van der Waals surface area contributed by atoms with Crippen LogP contribution in [-0.2, 0) is 0 Å². The predicted molar refractivity (Wildman–Crippen MR) is 84.3 cm³/mol. The Hall–Kier alpha value is -0.580. The monoisotopic (exact) mass is 356 g/mol. The molecule has 0 aromatic heterocycles. The molecule has 0 N–H and O–H groups in total. The van der Waals surface area contributed by atoms with Crippen LogP contribution in [0, 0.1) is 0 Å². The highest BCUT2D eigenvalue weighted by Gasteiger charge is 2.31. The van der Waals surface area contributed by atoms with Gasteiger partial charge in [0.05, 0.1) is 5.02 Å². The maximum atomic E-state index is 12.5. The summed E-state index contributed by atoms with van der Waals surface area (Å²) in [5.74, 6) is 0.0982. The van der Waals surface area contributed by atoms with Gasteiger partial charge in [-0.05, 0) is 66.5 Å². The number of amides is 1. The number of benzene rings is 1. The molecular formula is C15H18BrClN2O. The van der Waals surface area contributed by atoms with Crippen LogP contribution in [-0.4, -0.2) is 47.9 Å². The van der Waals surface area contributed by atoms with Crippen molar-refractivity contribution in [2.24, 2.45) is 0 Å². The molecule has 0 aliphatic carbocycles. The van der Waals surface area contributed by atoms with E-state index in [1.54, 1.807) is 6.07 Å². The lowest BCUT2D eigenvalue weighted by atomic mass is 10.2. The van der Waals surface area contributed by atoms with E-state index in [1.807, 2.05) is 17.0 Å². The molecule has 2 aliphatic rings. The topological polar surface area (TPSA) is 23.6 Å². The lowest BCUT2D eigenvalue weighted by Crippen LogP contribution is -2.37. The number of carbonyl (C=O) groups is 1. The van der Waals surface area contributed by atoms with Gasteiger partial charge in [-0.15, -0.1) is 0 Å². The van der Waals surface area contributed by atoms with Gasteiger partial charge in [0.2, 0.25) is 0 Å². The summed E-state index contributed by atoms with van der Waals surface area (Å²) in [5, 5.41) is 0.589. The van der Waals surface area contributed by atoms with Crippen molar-refractivity contribution in [2.45, 2.75) is 25.3 Å². The number of likely N-dealkylation sites (tertiary alicyclic amines) is 2. The van der Waals surface area contributed by atoms with E-state index in [0.717, 1.165) is 24.0 Å². The number of hydrogen-bond acceptors (Lipinski definition) is 2. The van der Waals surface area contributed by atoms with Crippen LogP contribution in [0.4, 0.5) is 0 Å². The summed E-state index contributed by atoms with van der Waals surface area (Å²) in [6.07, 6.45) is 3.69. The molecule has 3 rings (SSSR count). The molecule has 108 valence electrons. The van der Waals surface area contributed by atoms with Gasteiger partial charge in [-0.3, -0.25) is 9.69 Å². The molecule has 0 bridgehead atoms. The highest BCUT2D eigenvalue weighted by molar-refractivity contribution is 9.10. The van der Waals surface area contributed by atoms with Crippen molar-refractivity contribution < 1.29 is 4.79 Å². The fourth-order valence-electron chi connectivity index (χ4n) is 3.14.